The monoisotopic (exact) mass is 198 g/mol. The van der Waals surface area contributed by atoms with Crippen LogP contribution in [0.5, 0.6) is 0 Å². The first-order chi connectivity index (χ1) is 6.42. The summed E-state index contributed by atoms with van der Waals surface area (Å²) >= 11 is 0. The number of rotatable bonds is 1. The molecule has 0 unspecified atom stereocenters. The summed E-state index contributed by atoms with van der Waals surface area (Å²) in [5, 5.41) is 7.11. The number of carbonyl (C=O) groups is 1. The lowest BCUT2D eigenvalue weighted by Gasteiger charge is -2.24. The molecule has 1 N–H and O–H groups in total. The van der Waals surface area contributed by atoms with Gasteiger partial charge in [-0.2, -0.15) is 0 Å². The van der Waals surface area contributed by atoms with Gasteiger partial charge in [0.2, 0.25) is 0 Å². The average Bonchev–Trinajstić information content (AvgIpc) is 2.48. The highest BCUT2D eigenvalue weighted by molar-refractivity contribution is 5.70. The van der Waals surface area contributed by atoms with Crippen LogP contribution in [0, 0.1) is 11.3 Å². The first-order valence-electron chi connectivity index (χ1n) is 4.91. The highest BCUT2D eigenvalue weighted by Crippen LogP contribution is 2.17. The number of likely N-dealkylation sites (tertiary alicyclic amines) is 1. The Bertz CT molecular complexity index is 233. The summed E-state index contributed by atoms with van der Waals surface area (Å²) in [5.74, 6) is 0.211. The second kappa shape index (κ2) is 3.98. The van der Waals surface area contributed by atoms with Gasteiger partial charge in [-0.1, -0.05) is 0 Å². The Kier molecular flexibility index (Phi) is 3.13. The van der Waals surface area contributed by atoms with Gasteiger partial charge < -0.3 is 15.0 Å². The van der Waals surface area contributed by atoms with Gasteiger partial charge in [-0.05, 0) is 27.2 Å². The molecule has 0 spiro atoms. The number of ether oxygens (including phenoxy) is 1. The van der Waals surface area contributed by atoms with Gasteiger partial charge in [0.1, 0.15) is 5.60 Å². The number of nitrogens with zero attached hydrogens (tertiary/aromatic N) is 1. The summed E-state index contributed by atoms with van der Waals surface area (Å²) < 4.78 is 5.23. The Morgan fingerprint density at radius 3 is 2.64 bits per heavy atom. The Labute approximate surface area is 84.7 Å². The van der Waals surface area contributed by atoms with E-state index in [0.717, 1.165) is 6.42 Å². The van der Waals surface area contributed by atoms with E-state index in [1.807, 2.05) is 20.8 Å². The van der Waals surface area contributed by atoms with Gasteiger partial charge in [0.25, 0.3) is 0 Å². The number of hydrogen-bond acceptors (Lipinski definition) is 3. The minimum atomic E-state index is -0.431. The number of nitrogens with one attached hydrogen (secondary N) is 1. The average molecular weight is 198 g/mol. The van der Waals surface area contributed by atoms with E-state index in [9.17, 15) is 4.79 Å². The molecule has 0 aliphatic carbocycles. The maximum atomic E-state index is 11.6. The highest BCUT2D eigenvalue weighted by Gasteiger charge is 2.28. The van der Waals surface area contributed by atoms with Crippen LogP contribution in [0.2, 0.25) is 0 Å². The number of carbonyl (C=O) groups excluding carboxylic acids is 1. The van der Waals surface area contributed by atoms with Crippen molar-refractivity contribution < 1.29 is 9.53 Å². The number of amides is 1. The molecule has 4 heteroatoms. The Morgan fingerprint density at radius 2 is 2.21 bits per heavy atom. The van der Waals surface area contributed by atoms with Crippen molar-refractivity contribution in [1.29, 1.82) is 5.41 Å². The molecule has 0 aromatic heterocycles. The minimum absolute atomic E-state index is 0.211. The van der Waals surface area contributed by atoms with Gasteiger partial charge >= 0.3 is 6.09 Å². The van der Waals surface area contributed by atoms with E-state index in [1.54, 1.807) is 4.90 Å². The van der Waals surface area contributed by atoms with Crippen LogP contribution in [0.1, 0.15) is 27.2 Å². The Morgan fingerprint density at radius 1 is 1.57 bits per heavy atom. The standard InChI is InChI=1S/C10H18N2O2/c1-10(2,3)14-9(13)12-5-4-8(6-11)7-12/h6,8,11H,4-5,7H2,1-3H3/t8-/m0/s1. The van der Waals surface area contributed by atoms with E-state index in [-0.39, 0.29) is 12.0 Å². The van der Waals surface area contributed by atoms with Crippen molar-refractivity contribution in [3.63, 3.8) is 0 Å². The van der Waals surface area contributed by atoms with Crippen molar-refractivity contribution in [1.82, 2.24) is 4.90 Å². The van der Waals surface area contributed by atoms with Crippen LogP contribution in [0.25, 0.3) is 0 Å². The lowest BCUT2D eigenvalue weighted by atomic mass is 10.1. The van der Waals surface area contributed by atoms with Crippen LogP contribution in [-0.2, 0) is 4.74 Å². The molecule has 0 radical (unpaired) electrons. The molecule has 1 atom stereocenters. The van der Waals surface area contributed by atoms with Crippen LogP contribution in [0.4, 0.5) is 4.79 Å². The zero-order valence-corrected chi connectivity index (χ0v) is 9.04. The Hall–Kier alpha value is -1.06. The highest BCUT2D eigenvalue weighted by atomic mass is 16.6. The van der Waals surface area contributed by atoms with Crippen molar-refractivity contribution >= 4 is 12.3 Å². The van der Waals surface area contributed by atoms with E-state index < -0.39 is 5.60 Å². The van der Waals surface area contributed by atoms with E-state index in [1.165, 1.54) is 6.21 Å². The third-order valence-corrected chi connectivity index (χ3v) is 2.11. The summed E-state index contributed by atoms with van der Waals surface area (Å²) in [7, 11) is 0. The third kappa shape index (κ3) is 3.01. The molecule has 1 aliphatic heterocycles. The van der Waals surface area contributed by atoms with Crippen molar-refractivity contribution in [2.75, 3.05) is 13.1 Å². The predicted octanol–water partition coefficient (Wildman–Crippen LogP) is 1.89. The molecular weight excluding hydrogens is 180 g/mol. The fraction of sp³-hybridized carbons (Fsp3) is 0.800. The van der Waals surface area contributed by atoms with E-state index >= 15 is 0 Å². The molecule has 1 heterocycles. The van der Waals surface area contributed by atoms with Gasteiger partial charge in [0.15, 0.2) is 0 Å². The molecule has 0 bridgehead atoms. The number of hydrogen-bond donors (Lipinski definition) is 1. The molecule has 0 aromatic carbocycles. The van der Waals surface area contributed by atoms with Gasteiger partial charge in [-0.25, -0.2) is 4.79 Å². The van der Waals surface area contributed by atoms with Gasteiger partial charge in [-0.3, -0.25) is 0 Å². The molecule has 1 rings (SSSR count). The predicted molar refractivity (Wildman–Crippen MR) is 54.7 cm³/mol. The largest absolute Gasteiger partial charge is 0.444 e. The van der Waals surface area contributed by atoms with Crippen molar-refractivity contribution in [3.8, 4) is 0 Å². The van der Waals surface area contributed by atoms with E-state index in [0.29, 0.717) is 13.1 Å². The smallest absolute Gasteiger partial charge is 0.410 e. The minimum Gasteiger partial charge on any atom is -0.444 e. The maximum Gasteiger partial charge on any atom is 0.410 e. The van der Waals surface area contributed by atoms with Crippen LogP contribution in [-0.4, -0.2) is 35.9 Å². The molecule has 0 aromatic rings. The molecule has 1 fully saturated rings. The zero-order chi connectivity index (χ0) is 10.8. The van der Waals surface area contributed by atoms with E-state index in [2.05, 4.69) is 0 Å². The zero-order valence-electron chi connectivity index (χ0n) is 9.04. The van der Waals surface area contributed by atoms with Crippen molar-refractivity contribution in [3.05, 3.63) is 0 Å². The summed E-state index contributed by atoms with van der Waals surface area (Å²) in [6.07, 6.45) is 2.02. The lowest BCUT2D eigenvalue weighted by molar-refractivity contribution is 0.0292. The molecule has 14 heavy (non-hydrogen) atoms. The fourth-order valence-corrected chi connectivity index (χ4v) is 1.42. The summed E-state index contributed by atoms with van der Waals surface area (Å²) in [5.41, 5.74) is -0.431. The van der Waals surface area contributed by atoms with Crippen LogP contribution < -0.4 is 0 Å². The van der Waals surface area contributed by atoms with Crippen LogP contribution >= 0.6 is 0 Å². The molecule has 1 amide bonds. The first-order valence-corrected chi connectivity index (χ1v) is 4.91. The SMILES string of the molecule is CC(C)(C)OC(=O)N1CC[C@@H](C=N)C1. The van der Waals surface area contributed by atoms with Gasteiger partial charge in [0, 0.05) is 25.2 Å². The second-order valence-electron chi connectivity index (χ2n) is 4.64. The quantitative estimate of drug-likeness (QED) is 0.654. The topological polar surface area (TPSA) is 53.4 Å². The third-order valence-electron chi connectivity index (χ3n) is 2.11. The van der Waals surface area contributed by atoms with Gasteiger partial charge in [-0.15, -0.1) is 0 Å². The van der Waals surface area contributed by atoms with Gasteiger partial charge in [0.05, 0.1) is 0 Å². The van der Waals surface area contributed by atoms with Crippen LogP contribution in [0.3, 0.4) is 0 Å². The summed E-state index contributed by atoms with van der Waals surface area (Å²) in [4.78, 5) is 13.2. The lowest BCUT2D eigenvalue weighted by Crippen LogP contribution is -2.35. The first kappa shape index (κ1) is 11.0. The maximum absolute atomic E-state index is 11.6. The molecule has 1 aliphatic rings. The second-order valence-corrected chi connectivity index (χ2v) is 4.64. The molecule has 0 saturated carbocycles. The Balaban J connectivity index is 2.43. The molecular formula is C10H18N2O2. The van der Waals surface area contributed by atoms with Crippen molar-refractivity contribution in [2.24, 2.45) is 5.92 Å². The molecule has 80 valence electrons. The normalized spacial score (nSPS) is 22.2. The molecule has 4 nitrogen and oxygen atoms in total. The fourth-order valence-electron chi connectivity index (χ4n) is 1.42. The summed E-state index contributed by atoms with van der Waals surface area (Å²) in [6, 6.07) is 0. The molecule has 1 saturated heterocycles. The van der Waals surface area contributed by atoms with E-state index in [4.69, 9.17) is 10.1 Å². The van der Waals surface area contributed by atoms with Crippen LogP contribution in [0.15, 0.2) is 0 Å². The van der Waals surface area contributed by atoms with Crippen molar-refractivity contribution in [2.45, 2.75) is 32.8 Å². The summed E-state index contributed by atoms with van der Waals surface area (Å²) in [6.45, 7) is 6.90.